The molecule has 1 aromatic heterocycles. The van der Waals surface area contributed by atoms with Crippen molar-refractivity contribution < 1.29 is 0 Å². The van der Waals surface area contributed by atoms with E-state index < -0.39 is 0 Å². The Morgan fingerprint density at radius 3 is 2.69 bits per heavy atom. The van der Waals surface area contributed by atoms with Crippen molar-refractivity contribution in [3.63, 3.8) is 0 Å². The van der Waals surface area contributed by atoms with E-state index in [1.54, 1.807) is 10.9 Å². The normalized spacial score (nSPS) is 12.7. The molecule has 0 fully saturated rings. The molecular weight excluding hydrogens is 289 g/mol. The van der Waals surface area contributed by atoms with Crippen molar-refractivity contribution in [3.8, 4) is 0 Å². The first-order valence-electron chi connectivity index (χ1n) is 4.84. The molecule has 0 bridgehead atoms. The Labute approximate surface area is 107 Å². The fourth-order valence-corrected chi connectivity index (χ4v) is 2.35. The molecular formula is C11H11BrClN3. The lowest BCUT2D eigenvalue weighted by Crippen LogP contribution is -2.11. The summed E-state index contributed by atoms with van der Waals surface area (Å²) in [5.74, 6) is 0.491. The monoisotopic (exact) mass is 299 g/mol. The third kappa shape index (κ3) is 1.95. The lowest BCUT2D eigenvalue weighted by atomic mass is 10.1. The van der Waals surface area contributed by atoms with Gasteiger partial charge in [0.05, 0.1) is 12.2 Å². The first-order valence-corrected chi connectivity index (χ1v) is 6.01. The quantitative estimate of drug-likeness (QED) is 0.922. The summed E-state index contributed by atoms with van der Waals surface area (Å²) in [6, 6.07) is 8.03. The Bertz CT molecular complexity index is 510. The van der Waals surface area contributed by atoms with Crippen molar-refractivity contribution in [2.75, 3.05) is 5.73 Å². The molecule has 2 aromatic rings. The van der Waals surface area contributed by atoms with Crippen molar-refractivity contribution in [3.05, 3.63) is 45.5 Å². The van der Waals surface area contributed by atoms with Gasteiger partial charge in [0, 0.05) is 4.47 Å². The van der Waals surface area contributed by atoms with E-state index in [4.69, 9.17) is 17.3 Å². The molecule has 5 heteroatoms. The summed E-state index contributed by atoms with van der Waals surface area (Å²) in [6.07, 6.45) is 1.56. The Balaban J connectivity index is 2.43. The summed E-state index contributed by atoms with van der Waals surface area (Å²) >= 11 is 9.39. The van der Waals surface area contributed by atoms with Crippen LogP contribution in [0.1, 0.15) is 18.5 Å². The molecule has 84 valence electrons. The van der Waals surface area contributed by atoms with Crippen molar-refractivity contribution in [2.45, 2.75) is 13.0 Å². The third-order valence-corrected chi connectivity index (χ3v) is 3.52. The summed E-state index contributed by atoms with van der Waals surface area (Å²) in [4.78, 5) is 0. The minimum absolute atomic E-state index is 0.0445. The molecule has 0 saturated carbocycles. The van der Waals surface area contributed by atoms with Gasteiger partial charge in [0.15, 0.2) is 0 Å². The van der Waals surface area contributed by atoms with Crippen LogP contribution in [0.4, 0.5) is 5.82 Å². The Hall–Kier alpha value is -1.00. The average molecular weight is 301 g/mol. The topological polar surface area (TPSA) is 43.8 Å². The number of nitrogens with zero attached hydrogens (tertiary/aromatic N) is 2. The summed E-state index contributed by atoms with van der Waals surface area (Å²) in [6.45, 7) is 2.03. The van der Waals surface area contributed by atoms with Gasteiger partial charge in [0.25, 0.3) is 0 Å². The van der Waals surface area contributed by atoms with Gasteiger partial charge in [0.2, 0.25) is 0 Å². The van der Waals surface area contributed by atoms with E-state index in [0.29, 0.717) is 10.8 Å². The second kappa shape index (κ2) is 4.47. The minimum Gasteiger partial charge on any atom is -0.383 e. The predicted octanol–water partition coefficient (Wildman–Crippen LogP) is 3.49. The number of rotatable bonds is 2. The summed E-state index contributed by atoms with van der Waals surface area (Å²) < 4.78 is 2.75. The van der Waals surface area contributed by atoms with Crippen LogP contribution in [0.3, 0.4) is 0 Å². The Kier molecular flexibility index (Phi) is 3.21. The Morgan fingerprint density at radius 1 is 1.44 bits per heavy atom. The predicted molar refractivity (Wildman–Crippen MR) is 69.6 cm³/mol. The maximum Gasteiger partial charge on any atom is 0.141 e. The fraction of sp³-hybridized carbons (Fsp3) is 0.182. The molecule has 0 aliphatic heterocycles. The van der Waals surface area contributed by atoms with E-state index in [-0.39, 0.29) is 6.04 Å². The van der Waals surface area contributed by atoms with E-state index in [9.17, 15) is 0 Å². The number of halogens is 2. The highest BCUT2D eigenvalue weighted by Crippen LogP contribution is 2.29. The molecule has 0 aliphatic carbocycles. The SMILES string of the molecule is CC(c1ccccc1Br)n1ncc(Cl)c1N. The lowest BCUT2D eigenvalue weighted by Gasteiger charge is -2.15. The molecule has 0 aliphatic rings. The van der Waals surface area contributed by atoms with Gasteiger partial charge in [-0.15, -0.1) is 0 Å². The Morgan fingerprint density at radius 2 is 2.12 bits per heavy atom. The molecule has 0 saturated heterocycles. The third-order valence-electron chi connectivity index (χ3n) is 2.51. The molecule has 1 heterocycles. The van der Waals surface area contributed by atoms with Gasteiger partial charge in [-0.3, -0.25) is 0 Å². The molecule has 1 atom stereocenters. The summed E-state index contributed by atoms with van der Waals surface area (Å²) in [5, 5.41) is 4.66. The van der Waals surface area contributed by atoms with E-state index in [1.165, 1.54) is 0 Å². The maximum absolute atomic E-state index is 5.88. The standard InChI is InChI=1S/C11H11BrClN3/c1-7(8-4-2-3-5-9(8)12)16-11(14)10(13)6-15-16/h2-7H,14H2,1H3. The van der Waals surface area contributed by atoms with Crippen molar-refractivity contribution in [1.29, 1.82) is 0 Å². The zero-order valence-electron chi connectivity index (χ0n) is 8.69. The highest BCUT2D eigenvalue weighted by Gasteiger charge is 2.15. The first-order chi connectivity index (χ1) is 7.61. The number of hydrogen-bond acceptors (Lipinski definition) is 2. The number of nitrogen functional groups attached to an aromatic ring is 1. The lowest BCUT2D eigenvalue weighted by molar-refractivity contribution is 0.571. The van der Waals surface area contributed by atoms with Crippen LogP contribution in [0.15, 0.2) is 34.9 Å². The molecule has 2 rings (SSSR count). The van der Waals surface area contributed by atoms with Crippen molar-refractivity contribution in [1.82, 2.24) is 9.78 Å². The van der Waals surface area contributed by atoms with Gasteiger partial charge in [-0.1, -0.05) is 45.7 Å². The smallest absolute Gasteiger partial charge is 0.141 e. The van der Waals surface area contributed by atoms with Gasteiger partial charge in [-0.05, 0) is 18.6 Å². The van der Waals surface area contributed by atoms with Gasteiger partial charge >= 0.3 is 0 Å². The number of hydrogen-bond donors (Lipinski definition) is 1. The number of aromatic nitrogens is 2. The van der Waals surface area contributed by atoms with E-state index in [1.807, 2.05) is 31.2 Å². The van der Waals surface area contributed by atoms with Gasteiger partial charge in [-0.25, -0.2) is 4.68 Å². The van der Waals surface area contributed by atoms with E-state index in [0.717, 1.165) is 10.0 Å². The highest BCUT2D eigenvalue weighted by molar-refractivity contribution is 9.10. The first kappa shape index (κ1) is 11.5. The van der Waals surface area contributed by atoms with Crippen LogP contribution in [-0.4, -0.2) is 9.78 Å². The van der Waals surface area contributed by atoms with Crippen LogP contribution in [0.25, 0.3) is 0 Å². The maximum atomic E-state index is 5.88. The van der Waals surface area contributed by atoms with Crippen LogP contribution in [-0.2, 0) is 0 Å². The highest BCUT2D eigenvalue weighted by atomic mass is 79.9. The average Bonchev–Trinajstić information content (AvgIpc) is 2.60. The van der Waals surface area contributed by atoms with Crippen LogP contribution >= 0.6 is 27.5 Å². The largest absolute Gasteiger partial charge is 0.383 e. The van der Waals surface area contributed by atoms with Crippen molar-refractivity contribution >= 4 is 33.3 Å². The van der Waals surface area contributed by atoms with Crippen LogP contribution in [0, 0.1) is 0 Å². The second-order valence-corrected chi connectivity index (χ2v) is 4.78. The van der Waals surface area contributed by atoms with Crippen LogP contribution in [0.5, 0.6) is 0 Å². The zero-order chi connectivity index (χ0) is 11.7. The second-order valence-electron chi connectivity index (χ2n) is 3.52. The van der Waals surface area contributed by atoms with Crippen LogP contribution in [0.2, 0.25) is 5.02 Å². The molecule has 1 aromatic carbocycles. The van der Waals surface area contributed by atoms with Gasteiger partial charge in [-0.2, -0.15) is 5.10 Å². The number of anilines is 1. The van der Waals surface area contributed by atoms with E-state index in [2.05, 4.69) is 21.0 Å². The fourth-order valence-electron chi connectivity index (χ4n) is 1.60. The molecule has 16 heavy (non-hydrogen) atoms. The summed E-state index contributed by atoms with van der Waals surface area (Å²) in [5.41, 5.74) is 6.96. The zero-order valence-corrected chi connectivity index (χ0v) is 11.0. The van der Waals surface area contributed by atoms with Gasteiger partial charge < -0.3 is 5.73 Å². The molecule has 3 nitrogen and oxygen atoms in total. The number of benzene rings is 1. The summed E-state index contributed by atoms with van der Waals surface area (Å²) in [7, 11) is 0. The minimum atomic E-state index is 0.0445. The van der Waals surface area contributed by atoms with Crippen molar-refractivity contribution in [2.24, 2.45) is 0 Å². The van der Waals surface area contributed by atoms with Gasteiger partial charge in [0.1, 0.15) is 10.8 Å². The molecule has 2 N–H and O–H groups in total. The number of nitrogens with two attached hydrogens (primary N) is 1. The van der Waals surface area contributed by atoms with E-state index >= 15 is 0 Å². The molecule has 1 unspecified atom stereocenters. The molecule has 0 spiro atoms. The molecule has 0 radical (unpaired) electrons. The van der Waals surface area contributed by atoms with Crippen LogP contribution < -0.4 is 5.73 Å². The molecule has 0 amide bonds.